The standard InChI is InChI=1S/C13H16Cl2N2O4/c1-7(18)6-16-11(13(20)21)5-12(19)17-8-2-3-9(14)10(15)4-8/h2-4,7,11,16,18H,5-6H2,1H3,(H,17,19)(H,20,21)/t7-,11+/m1/s1. The topological polar surface area (TPSA) is 106 Å². The molecule has 1 aromatic carbocycles. The van der Waals surface area contributed by atoms with Crippen LogP contribution in [0, 0.1) is 0 Å². The van der Waals surface area contributed by atoms with Gasteiger partial charge in [0.15, 0.2) is 0 Å². The lowest BCUT2D eigenvalue weighted by molar-refractivity contribution is -0.687. The Morgan fingerprint density at radius 2 is 2.05 bits per heavy atom. The number of nitrogens with two attached hydrogens (primary N) is 1. The molecule has 0 unspecified atom stereocenters. The van der Waals surface area contributed by atoms with Gasteiger partial charge in [-0.15, -0.1) is 0 Å². The number of rotatable bonds is 7. The number of anilines is 1. The fourth-order valence-electron chi connectivity index (χ4n) is 1.61. The lowest BCUT2D eigenvalue weighted by Gasteiger charge is -2.17. The maximum absolute atomic E-state index is 11.8. The van der Waals surface area contributed by atoms with Crippen LogP contribution in [-0.2, 0) is 9.59 Å². The van der Waals surface area contributed by atoms with Crippen LogP contribution >= 0.6 is 23.2 Å². The van der Waals surface area contributed by atoms with E-state index < -0.39 is 24.0 Å². The van der Waals surface area contributed by atoms with Gasteiger partial charge in [-0.25, -0.2) is 0 Å². The van der Waals surface area contributed by atoms with E-state index in [-0.39, 0.29) is 18.0 Å². The van der Waals surface area contributed by atoms with Crippen molar-refractivity contribution in [2.45, 2.75) is 25.5 Å². The molecule has 0 aliphatic rings. The zero-order valence-corrected chi connectivity index (χ0v) is 12.8. The average molecular weight is 335 g/mol. The molecule has 0 aromatic heterocycles. The maximum Gasteiger partial charge on any atom is 0.230 e. The van der Waals surface area contributed by atoms with Crippen molar-refractivity contribution in [1.82, 2.24) is 0 Å². The van der Waals surface area contributed by atoms with E-state index in [0.717, 1.165) is 0 Å². The summed E-state index contributed by atoms with van der Waals surface area (Å²) in [6, 6.07) is 3.48. The Labute approximate surface area is 132 Å². The van der Waals surface area contributed by atoms with Gasteiger partial charge in [-0.1, -0.05) is 23.2 Å². The molecule has 0 radical (unpaired) electrons. The monoisotopic (exact) mass is 334 g/mol. The Balaban J connectivity index is 2.60. The largest absolute Gasteiger partial charge is 0.544 e. The highest BCUT2D eigenvalue weighted by molar-refractivity contribution is 6.42. The number of nitrogens with one attached hydrogen (secondary N) is 1. The molecule has 1 amide bonds. The fourth-order valence-corrected chi connectivity index (χ4v) is 1.91. The second kappa shape index (κ2) is 8.19. The van der Waals surface area contributed by atoms with Crippen LogP contribution in [0.15, 0.2) is 18.2 Å². The van der Waals surface area contributed by atoms with Crippen LogP contribution in [0.4, 0.5) is 5.69 Å². The first kappa shape index (κ1) is 17.7. The quantitative estimate of drug-likeness (QED) is 0.618. The van der Waals surface area contributed by atoms with Gasteiger partial charge in [-0.3, -0.25) is 4.79 Å². The summed E-state index contributed by atoms with van der Waals surface area (Å²) in [4.78, 5) is 22.8. The van der Waals surface area contributed by atoms with Crippen LogP contribution in [0.2, 0.25) is 10.0 Å². The lowest BCUT2D eigenvalue weighted by Crippen LogP contribution is -2.94. The molecule has 0 aliphatic heterocycles. The smallest absolute Gasteiger partial charge is 0.230 e. The highest BCUT2D eigenvalue weighted by Crippen LogP contribution is 2.24. The average Bonchev–Trinajstić information content (AvgIpc) is 2.38. The summed E-state index contributed by atoms with van der Waals surface area (Å²) in [5.74, 6) is -1.86. The number of hydrogen-bond donors (Lipinski definition) is 3. The fraction of sp³-hybridized carbons (Fsp3) is 0.385. The van der Waals surface area contributed by atoms with Crippen molar-refractivity contribution < 1.29 is 25.1 Å². The van der Waals surface area contributed by atoms with Gasteiger partial charge in [0.2, 0.25) is 5.91 Å². The van der Waals surface area contributed by atoms with E-state index in [9.17, 15) is 14.7 Å². The van der Waals surface area contributed by atoms with E-state index in [1.165, 1.54) is 24.4 Å². The first-order valence-corrected chi connectivity index (χ1v) is 7.02. The van der Waals surface area contributed by atoms with Crippen LogP contribution in [0.3, 0.4) is 0 Å². The number of halogens is 2. The molecule has 1 rings (SSSR count). The molecule has 0 heterocycles. The van der Waals surface area contributed by atoms with Gasteiger partial charge >= 0.3 is 0 Å². The van der Waals surface area contributed by atoms with E-state index >= 15 is 0 Å². The van der Waals surface area contributed by atoms with Gasteiger partial charge in [0.1, 0.15) is 12.6 Å². The van der Waals surface area contributed by atoms with Crippen molar-refractivity contribution in [2.24, 2.45) is 0 Å². The molecule has 0 bridgehead atoms. The summed E-state index contributed by atoms with van der Waals surface area (Å²) in [5, 5.41) is 24.6. The first-order valence-electron chi connectivity index (χ1n) is 6.26. The second-order valence-corrected chi connectivity index (χ2v) is 5.44. The summed E-state index contributed by atoms with van der Waals surface area (Å²) >= 11 is 11.6. The predicted molar refractivity (Wildman–Crippen MR) is 77.0 cm³/mol. The SMILES string of the molecule is C[C@@H](O)C[NH2+][C@@H](CC(=O)Nc1ccc(Cl)c(Cl)c1)C(=O)[O-]. The van der Waals surface area contributed by atoms with Gasteiger partial charge in [-0.2, -0.15) is 0 Å². The van der Waals surface area contributed by atoms with E-state index in [2.05, 4.69) is 5.32 Å². The number of quaternary nitrogens is 1. The summed E-state index contributed by atoms with van der Waals surface area (Å²) in [5.41, 5.74) is 0.419. The number of benzene rings is 1. The van der Waals surface area contributed by atoms with Crippen LogP contribution in [0.1, 0.15) is 13.3 Å². The molecule has 2 atom stereocenters. The van der Waals surface area contributed by atoms with Crippen LogP contribution in [0.25, 0.3) is 0 Å². The molecular weight excluding hydrogens is 319 g/mol. The molecular formula is C13H16Cl2N2O4. The zero-order chi connectivity index (χ0) is 16.0. The van der Waals surface area contributed by atoms with E-state index in [0.29, 0.717) is 10.7 Å². The molecule has 0 spiro atoms. The number of carboxylic acid groups (broad SMARTS) is 1. The van der Waals surface area contributed by atoms with Crippen molar-refractivity contribution in [2.75, 3.05) is 11.9 Å². The number of aliphatic hydroxyl groups is 1. The third kappa shape index (κ3) is 6.31. The molecule has 21 heavy (non-hydrogen) atoms. The van der Waals surface area contributed by atoms with Crippen molar-refractivity contribution in [3.63, 3.8) is 0 Å². The van der Waals surface area contributed by atoms with Crippen molar-refractivity contribution >= 4 is 40.8 Å². The van der Waals surface area contributed by atoms with Crippen molar-refractivity contribution in [3.8, 4) is 0 Å². The molecule has 1 aromatic rings. The first-order chi connectivity index (χ1) is 9.79. The number of carbonyl (C=O) groups excluding carboxylic acids is 2. The van der Waals surface area contributed by atoms with E-state index in [4.69, 9.17) is 28.3 Å². The molecule has 116 valence electrons. The number of hydrogen-bond acceptors (Lipinski definition) is 4. The van der Waals surface area contributed by atoms with Gasteiger partial charge in [0, 0.05) is 5.69 Å². The summed E-state index contributed by atoms with van der Waals surface area (Å²) in [7, 11) is 0. The van der Waals surface area contributed by atoms with Crippen LogP contribution in [0.5, 0.6) is 0 Å². The number of amides is 1. The Bertz CT molecular complexity index is 523. The third-order valence-electron chi connectivity index (χ3n) is 2.67. The minimum atomic E-state index is -1.36. The normalized spacial score (nSPS) is 13.5. The summed E-state index contributed by atoms with van der Waals surface area (Å²) in [6.07, 6.45) is -0.958. The lowest BCUT2D eigenvalue weighted by atomic mass is 10.2. The summed E-state index contributed by atoms with van der Waals surface area (Å²) < 4.78 is 0. The number of aliphatic carboxylic acids is 1. The highest BCUT2D eigenvalue weighted by Gasteiger charge is 2.19. The molecule has 0 saturated carbocycles. The van der Waals surface area contributed by atoms with Gasteiger partial charge in [0.25, 0.3) is 0 Å². The molecule has 0 saturated heterocycles. The van der Waals surface area contributed by atoms with Crippen LogP contribution < -0.4 is 15.7 Å². The zero-order valence-electron chi connectivity index (χ0n) is 11.3. The van der Waals surface area contributed by atoms with Crippen molar-refractivity contribution in [1.29, 1.82) is 0 Å². The molecule has 8 heteroatoms. The Morgan fingerprint density at radius 3 is 2.57 bits per heavy atom. The molecule has 4 N–H and O–H groups in total. The minimum Gasteiger partial charge on any atom is -0.544 e. The molecule has 6 nitrogen and oxygen atoms in total. The Hall–Kier alpha value is -1.34. The van der Waals surface area contributed by atoms with Gasteiger partial charge in [-0.05, 0) is 25.1 Å². The van der Waals surface area contributed by atoms with E-state index in [1.54, 1.807) is 6.07 Å². The number of carboxylic acids is 1. The number of carbonyl (C=O) groups is 2. The molecule has 0 fully saturated rings. The number of aliphatic hydroxyl groups excluding tert-OH is 1. The predicted octanol–water partition coefficient (Wildman–Crippen LogP) is -0.615. The molecule has 0 aliphatic carbocycles. The Kier molecular flexibility index (Phi) is 6.91. The third-order valence-corrected chi connectivity index (χ3v) is 3.41. The second-order valence-electron chi connectivity index (χ2n) is 4.63. The minimum absolute atomic E-state index is 0.165. The van der Waals surface area contributed by atoms with E-state index in [1.807, 2.05) is 0 Å². The van der Waals surface area contributed by atoms with Gasteiger partial charge in [0.05, 0.1) is 28.5 Å². The van der Waals surface area contributed by atoms with Crippen LogP contribution in [-0.4, -0.2) is 35.7 Å². The maximum atomic E-state index is 11.8. The van der Waals surface area contributed by atoms with Crippen molar-refractivity contribution in [3.05, 3.63) is 28.2 Å². The highest BCUT2D eigenvalue weighted by atomic mass is 35.5. The summed E-state index contributed by atoms with van der Waals surface area (Å²) in [6.45, 7) is 1.69. The van der Waals surface area contributed by atoms with Gasteiger partial charge < -0.3 is 25.6 Å². The Morgan fingerprint density at radius 1 is 1.38 bits per heavy atom.